The monoisotopic (exact) mass is 395 g/mol. The molecule has 3 N–H and O–H groups in total. The number of amides is 3. The van der Waals surface area contributed by atoms with Crippen LogP contribution in [0.3, 0.4) is 0 Å². The Morgan fingerprint density at radius 1 is 1.30 bits per heavy atom. The molecule has 1 aromatic carbocycles. The van der Waals surface area contributed by atoms with Gasteiger partial charge in [-0.25, -0.2) is 9.18 Å². The zero-order valence-corrected chi connectivity index (χ0v) is 15.4. The first-order valence-electron chi connectivity index (χ1n) is 8.34. The van der Waals surface area contributed by atoms with Gasteiger partial charge in [-0.3, -0.25) is 9.69 Å². The number of nitrogens with two attached hydrogens (primary N) is 1. The molecule has 1 aromatic heterocycles. The van der Waals surface area contributed by atoms with E-state index < -0.39 is 28.8 Å². The Labute approximate surface area is 160 Å². The molecule has 4 rings (SSSR count). The van der Waals surface area contributed by atoms with Crippen molar-refractivity contribution in [1.29, 1.82) is 0 Å². The normalized spacial score (nSPS) is 23.6. The van der Waals surface area contributed by atoms with E-state index in [0.29, 0.717) is 11.4 Å². The SMILES string of the molecule is CC1(c2ccc(F)cc2)NC(=O)N(Cc2nc(C3(N)CCC3)no2)C1=O.Cl. The third-order valence-electron chi connectivity index (χ3n) is 5.15. The smallest absolute Gasteiger partial charge is 0.325 e. The van der Waals surface area contributed by atoms with Crippen molar-refractivity contribution in [2.24, 2.45) is 5.73 Å². The number of aromatic nitrogens is 2. The zero-order chi connectivity index (χ0) is 18.5. The lowest BCUT2D eigenvalue weighted by molar-refractivity contribution is -0.131. The Balaban J connectivity index is 0.00000210. The average Bonchev–Trinajstić information content (AvgIpc) is 3.13. The number of halogens is 2. The van der Waals surface area contributed by atoms with Crippen LogP contribution in [0.1, 0.15) is 43.5 Å². The fourth-order valence-corrected chi connectivity index (χ4v) is 3.26. The van der Waals surface area contributed by atoms with Gasteiger partial charge in [0.15, 0.2) is 5.82 Å². The zero-order valence-electron chi connectivity index (χ0n) is 14.6. The minimum atomic E-state index is -1.28. The highest BCUT2D eigenvalue weighted by Gasteiger charge is 2.49. The van der Waals surface area contributed by atoms with Crippen molar-refractivity contribution < 1.29 is 18.5 Å². The van der Waals surface area contributed by atoms with Gasteiger partial charge in [0.05, 0.1) is 5.54 Å². The van der Waals surface area contributed by atoms with Crippen LogP contribution in [0.2, 0.25) is 0 Å². The van der Waals surface area contributed by atoms with Crippen LogP contribution in [0, 0.1) is 5.82 Å². The highest BCUT2D eigenvalue weighted by atomic mass is 35.5. The molecule has 1 saturated heterocycles. The van der Waals surface area contributed by atoms with Crippen molar-refractivity contribution in [3.8, 4) is 0 Å². The van der Waals surface area contributed by atoms with Gasteiger partial charge < -0.3 is 15.6 Å². The molecule has 2 fully saturated rings. The predicted molar refractivity (Wildman–Crippen MR) is 94.1 cm³/mol. The number of hydrogen-bond acceptors (Lipinski definition) is 6. The molecule has 1 atom stereocenters. The van der Waals surface area contributed by atoms with E-state index in [1.54, 1.807) is 6.92 Å². The second kappa shape index (κ2) is 6.58. The van der Waals surface area contributed by atoms with Gasteiger partial charge in [-0.2, -0.15) is 4.98 Å². The van der Waals surface area contributed by atoms with E-state index in [1.165, 1.54) is 24.3 Å². The van der Waals surface area contributed by atoms with E-state index in [2.05, 4.69) is 15.5 Å². The van der Waals surface area contributed by atoms with Crippen LogP contribution in [-0.2, 0) is 22.4 Å². The van der Waals surface area contributed by atoms with Crippen LogP contribution < -0.4 is 11.1 Å². The third kappa shape index (κ3) is 3.06. The number of hydrogen-bond donors (Lipinski definition) is 2. The standard InChI is InChI=1S/C17H18FN5O3.ClH/c1-16(10-3-5-11(18)6-4-10)14(24)23(15(25)21-16)9-12-20-13(22-26-12)17(19)7-2-8-17;/h3-6H,2,7-9,19H2,1H3,(H,21,25);1H. The second-order valence-corrected chi connectivity index (χ2v) is 6.97. The summed E-state index contributed by atoms with van der Waals surface area (Å²) in [6.45, 7) is 1.42. The number of nitrogens with zero attached hydrogens (tertiary/aromatic N) is 3. The van der Waals surface area contributed by atoms with Gasteiger partial charge in [-0.05, 0) is 43.9 Å². The van der Waals surface area contributed by atoms with Crippen molar-refractivity contribution in [2.75, 3.05) is 0 Å². The van der Waals surface area contributed by atoms with Crippen molar-refractivity contribution in [2.45, 2.75) is 43.8 Å². The molecular formula is C17H19ClFN5O3. The van der Waals surface area contributed by atoms with Crippen LogP contribution >= 0.6 is 12.4 Å². The molecule has 27 heavy (non-hydrogen) atoms. The predicted octanol–water partition coefficient (Wildman–Crippen LogP) is 1.94. The highest BCUT2D eigenvalue weighted by Crippen LogP contribution is 2.37. The Morgan fingerprint density at radius 2 is 1.96 bits per heavy atom. The summed E-state index contributed by atoms with van der Waals surface area (Å²) in [5.41, 5.74) is 4.78. The molecule has 3 amide bonds. The first kappa shape index (κ1) is 19.2. The summed E-state index contributed by atoms with van der Waals surface area (Å²) in [7, 11) is 0. The number of urea groups is 1. The van der Waals surface area contributed by atoms with Gasteiger partial charge in [0.1, 0.15) is 17.9 Å². The summed E-state index contributed by atoms with van der Waals surface area (Å²) in [5, 5.41) is 6.53. The third-order valence-corrected chi connectivity index (χ3v) is 5.15. The molecule has 1 aliphatic heterocycles. The van der Waals surface area contributed by atoms with Gasteiger partial charge in [0, 0.05) is 0 Å². The summed E-state index contributed by atoms with van der Waals surface area (Å²) in [4.78, 5) is 30.4. The lowest BCUT2D eigenvalue weighted by atomic mass is 9.77. The van der Waals surface area contributed by atoms with Crippen LogP contribution in [0.25, 0.3) is 0 Å². The van der Waals surface area contributed by atoms with Gasteiger partial charge in [-0.15, -0.1) is 12.4 Å². The van der Waals surface area contributed by atoms with Gasteiger partial charge in [0.2, 0.25) is 5.89 Å². The quantitative estimate of drug-likeness (QED) is 0.764. The van der Waals surface area contributed by atoms with Crippen molar-refractivity contribution in [3.05, 3.63) is 47.4 Å². The molecule has 1 saturated carbocycles. The van der Waals surface area contributed by atoms with Gasteiger partial charge in [-0.1, -0.05) is 17.3 Å². The van der Waals surface area contributed by atoms with E-state index in [0.717, 1.165) is 24.2 Å². The fraction of sp³-hybridized carbons (Fsp3) is 0.412. The number of nitrogens with one attached hydrogen (secondary N) is 1. The molecule has 144 valence electrons. The van der Waals surface area contributed by atoms with E-state index in [9.17, 15) is 14.0 Å². The fourth-order valence-electron chi connectivity index (χ4n) is 3.26. The maximum absolute atomic E-state index is 13.1. The first-order chi connectivity index (χ1) is 12.3. The number of imide groups is 1. The van der Waals surface area contributed by atoms with Crippen LogP contribution in [0.4, 0.5) is 9.18 Å². The van der Waals surface area contributed by atoms with E-state index in [4.69, 9.17) is 10.3 Å². The lowest BCUT2D eigenvalue weighted by Gasteiger charge is -2.34. The Kier molecular flexibility index (Phi) is 4.69. The lowest BCUT2D eigenvalue weighted by Crippen LogP contribution is -2.44. The molecule has 10 heteroatoms. The molecule has 2 heterocycles. The highest BCUT2D eigenvalue weighted by molar-refractivity contribution is 6.07. The van der Waals surface area contributed by atoms with Crippen LogP contribution in [0.15, 0.2) is 28.8 Å². The first-order valence-corrected chi connectivity index (χ1v) is 8.34. The van der Waals surface area contributed by atoms with Crippen molar-refractivity contribution in [3.63, 3.8) is 0 Å². The van der Waals surface area contributed by atoms with Crippen LogP contribution in [-0.4, -0.2) is 27.0 Å². The number of rotatable bonds is 4. The summed E-state index contributed by atoms with van der Waals surface area (Å²) in [5.74, 6) is -0.355. The molecule has 2 aliphatic rings. The largest absolute Gasteiger partial charge is 0.337 e. The summed E-state index contributed by atoms with van der Waals surface area (Å²) in [6, 6.07) is 4.85. The van der Waals surface area contributed by atoms with Crippen LogP contribution in [0.5, 0.6) is 0 Å². The van der Waals surface area contributed by atoms with Crippen molar-refractivity contribution in [1.82, 2.24) is 20.4 Å². The Morgan fingerprint density at radius 3 is 2.56 bits per heavy atom. The topological polar surface area (TPSA) is 114 Å². The summed E-state index contributed by atoms with van der Waals surface area (Å²) < 4.78 is 18.3. The minimum absolute atomic E-state index is 0. The van der Waals surface area contributed by atoms with Crippen molar-refractivity contribution >= 4 is 24.3 Å². The maximum Gasteiger partial charge on any atom is 0.325 e. The van der Waals surface area contributed by atoms with Gasteiger partial charge >= 0.3 is 6.03 Å². The molecule has 8 nitrogen and oxygen atoms in total. The van der Waals surface area contributed by atoms with E-state index in [1.807, 2.05) is 0 Å². The average molecular weight is 396 g/mol. The number of carbonyl (C=O) groups is 2. The molecular weight excluding hydrogens is 377 g/mol. The Hall–Kier alpha value is -2.52. The van der Waals surface area contributed by atoms with E-state index in [-0.39, 0.29) is 24.8 Å². The molecule has 2 aromatic rings. The summed E-state index contributed by atoms with van der Waals surface area (Å²) >= 11 is 0. The second-order valence-electron chi connectivity index (χ2n) is 6.97. The van der Waals surface area contributed by atoms with E-state index >= 15 is 0 Å². The molecule has 1 aliphatic carbocycles. The Bertz CT molecular complexity index is 883. The maximum atomic E-state index is 13.1. The number of carbonyl (C=O) groups excluding carboxylic acids is 2. The summed E-state index contributed by atoms with van der Waals surface area (Å²) in [6.07, 6.45) is 2.55. The molecule has 0 radical (unpaired) electrons. The molecule has 1 unspecified atom stereocenters. The van der Waals surface area contributed by atoms with Gasteiger partial charge in [0.25, 0.3) is 5.91 Å². The number of benzene rings is 1. The minimum Gasteiger partial charge on any atom is -0.337 e. The molecule has 0 spiro atoms. The molecule has 0 bridgehead atoms.